The van der Waals surface area contributed by atoms with Crippen LogP contribution >= 0.6 is 0 Å². The summed E-state index contributed by atoms with van der Waals surface area (Å²) in [5.74, 6) is 4.40. The number of nitrogens with zero attached hydrogens (tertiary/aromatic N) is 1. The van der Waals surface area contributed by atoms with Crippen LogP contribution in [0.2, 0.25) is 0 Å². The van der Waals surface area contributed by atoms with Crippen molar-refractivity contribution in [2.45, 2.75) is 31.2 Å². The van der Waals surface area contributed by atoms with Gasteiger partial charge in [-0.05, 0) is 29.2 Å². The summed E-state index contributed by atoms with van der Waals surface area (Å²) in [4.78, 5) is 27.3. The third-order valence-corrected chi connectivity index (χ3v) is 7.17. The third kappa shape index (κ3) is 6.32. The van der Waals surface area contributed by atoms with Crippen molar-refractivity contribution in [2.75, 3.05) is 13.2 Å². The van der Waals surface area contributed by atoms with Gasteiger partial charge in [0, 0.05) is 19.0 Å². The lowest BCUT2D eigenvalue weighted by molar-refractivity contribution is -0.149. The molecule has 0 unspecified atom stereocenters. The molecule has 1 heterocycles. The van der Waals surface area contributed by atoms with E-state index in [4.69, 9.17) is 9.47 Å². The van der Waals surface area contributed by atoms with Crippen LogP contribution in [0.1, 0.15) is 29.2 Å². The van der Waals surface area contributed by atoms with E-state index in [1.807, 2.05) is 121 Å². The lowest BCUT2D eigenvalue weighted by atomic mass is 9.80. The smallest absolute Gasteiger partial charge is 0.384 e. The highest BCUT2D eigenvalue weighted by Gasteiger charge is 2.42. The molecule has 6 nitrogen and oxygen atoms in total. The predicted molar refractivity (Wildman–Crippen MR) is 158 cm³/mol. The van der Waals surface area contributed by atoms with Gasteiger partial charge in [-0.3, -0.25) is 0 Å². The molecule has 0 aromatic heterocycles. The van der Waals surface area contributed by atoms with Crippen molar-refractivity contribution in [2.24, 2.45) is 0 Å². The highest BCUT2D eigenvalue weighted by atomic mass is 16.6. The fourth-order valence-electron chi connectivity index (χ4n) is 5.24. The van der Waals surface area contributed by atoms with E-state index in [9.17, 15) is 9.59 Å². The molecule has 6 heteroatoms. The maximum Gasteiger partial charge on any atom is 0.384 e. The zero-order valence-corrected chi connectivity index (χ0v) is 22.9. The zero-order valence-electron chi connectivity index (χ0n) is 22.9. The Morgan fingerprint density at radius 2 is 1.34 bits per heavy atom. The molecular weight excluding hydrogens is 512 g/mol. The highest BCUT2D eigenvalue weighted by molar-refractivity contribution is 5.88. The van der Waals surface area contributed by atoms with E-state index < -0.39 is 23.7 Å². The van der Waals surface area contributed by atoms with E-state index in [2.05, 4.69) is 17.2 Å². The molecule has 5 rings (SSSR count). The summed E-state index contributed by atoms with van der Waals surface area (Å²) in [5.41, 5.74) is 2.80. The summed E-state index contributed by atoms with van der Waals surface area (Å²) in [7, 11) is 0. The van der Waals surface area contributed by atoms with E-state index in [-0.39, 0.29) is 12.6 Å². The molecule has 1 saturated heterocycles. The number of ether oxygens (including phenoxy) is 2. The van der Waals surface area contributed by atoms with Crippen molar-refractivity contribution in [3.8, 4) is 11.8 Å². The second-order valence-electron chi connectivity index (χ2n) is 9.83. The SMILES string of the molecule is CC#CC(=O)O[C@@H](COC(c1ccccc1)(c1ccccc1)c1ccccc1)[C@@H]1CN(Cc2ccccc2)C(=O)N1. The van der Waals surface area contributed by atoms with Gasteiger partial charge in [0.1, 0.15) is 11.7 Å². The van der Waals surface area contributed by atoms with Gasteiger partial charge in [0.25, 0.3) is 0 Å². The summed E-state index contributed by atoms with van der Waals surface area (Å²) in [5, 5.41) is 3.01. The number of carbonyl (C=O) groups is 2. The molecule has 2 amide bonds. The van der Waals surface area contributed by atoms with Gasteiger partial charge < -0.3 is 19.7 Å². The Morgan fingerprint density at radius 1 is 0.854 bits per heavy atom. The fourth-order valence-corrected chi connectivity index (χ4v) is 5.24. The van der Waals surface area contributed by atoms with E-state index in [1.165, 1.54) is 0 Å². The number of rotatable bonds is 10. The molecular formula is C35H32N2O4. The highest BCUT2D eigenvalue weighted by Crippen LogP contribution is 2.40. The van der Waals surface area contributed by atoms with Gasteiger partial charge in [0.15, 0.2) is 0 Å². The van der Waals surface area contributed by atoms with Gasteiger partial charge in [-0.2, -0.15) is 0 Å². The summed E-state index contributed by atoms with van der Waals surface area (Å²) >= 11 is 0. The van der Waals surface area contributed by atoms with Crippen LogP contribution in [0.4, 0.5) is 4.79 Å². The minimum Gasteiger partial charge on any atom is -0.448 e. The number of hydrogen-bond acceptors (Lipinski definition) is 4. The first-order chi connectivity index (χ1) is 20.1. The molecule has 0 bridgehead atoms. The predicted octanol–water partition coefficient (Wildman–Crippen LogP) is 5.52. The Hall–Kier alpha value is -4.86. The molecule has 4 aromatic carbocycles. The quantitative estimate of drug-likeness (QED) is 0.124. The number of carbonyl (C=O) groups excluding carboxylic acids is 2. The number of esters is 1. The Morgan fingerprint density at radius 3 is 1.83 bits per heavy atom. The molecule has 2 atom stereocenters. The third-order valence-electron chi connectivity index (χ3n) is 7.17. The van der Waals surface area contributed by atoms with Gasteiger partial charge >= 0.3 is 12.0 Å². The number of benzene rings is 4. The molecule has 0 spiro atoms. The van der Waals surface area contributed by atoms with Gasteiger partial charge in [0.2, 0.25) is 0 Å². The van der Waals surface area contributed by atoms with Crippen molar-refractivity contribution in [1.82, 2.24) is 10.2 Å². The lowest BCUT2D eigenvalue weighted by Crippen LogP contribution is -2.46. The Labute approximate surface area is 240 Å². The number of hydrogen-bond donors (Lipinski definition) is 1. The molecule has 0 saturated carbocycles. The van der Waals surface area contributed by atoms with Crippen molar-refractivity contribution in [3.63, 3.8) is 0 Å². The second-order valence-corrected chi connectivity index (χ2v) is 9.83. The number of nitrogens with one attached hydrogen (secondary N) is 1. The van der Waals surface area contributed by atoms with Crippen LogP contribution in [-0.4, -0.2) is 42.2 Å². The lowest BCUT2D eigenvalue weighted by Gasteiger charge is -2.37. The van der Waals surface area contributed by atoms with Crippen LogP contribution in [0.3, 0.4) is 0 Å². The summed E-state index contributed by atoms with van der Waals surface area (Å²) in [6, 6.07) is 39.0. The molecule has 206 valence electrons. The maximum absolute atomic E-state index is 13.0. The summed E-state index contributed by atoms with van der Waals surface area (Å²) < 4.78 is 12.8. The van der Waals surface area contributed by atoms with E-state index in [0.29, 0.717) is 13.1 Å². The molecule has 0 aliphatic carbocycles. The molecule has 1 aliphatic heterocycles. The van der Waals surface area contributed by atoms with Crippen molar-refractivity contribution < 1.29 is 19.1 Å². The maximum atomic E-state index is 13.0. The second kappa shape index (κ2) is 13.0. The first-order valence-corrected chi connectivity index (χ1v) is 13.6. The molecule has 41 heavy (non-hydrogen) atoms. The first-order valence-electron chi connectivity index (χ1n) is 13.6. The van der Waals surface area contributed by atoms with Gasteiger partial charge in [-0.25, -0.2) is 9.59 Å². The molecule has 4 aromatic rings. The van der Waals surface area contributed by atoms with Crippen LogP contribution in [-0.2, 0) is 26.4 Å². The Bertz CT molecular complexity index is 1400. The normalized spacial score (nSPS) is 15.4. The van der Waals surface area contributed by atoms with Crippen molar-refractivity contribution in [3.05, 3.63) is 144 Å². The minimum absolute atomic E-state index is 0.0138. The van der Waals surface area contributed by atoms with Crippen molar-refractivity contribution >= 4 is 12.0 Å². The van der Waals surface area contributed by atoms with E-state index >= 15 is 0 Å². The monoisotopic (exact) mass is 544 g/mol. The largest absolute Gasteiger partial charge is 0.448 e. The van der Waals surface area contributed by atoms with E-state index in [0.717, 1.165) is 22.3 Å². The van der Waals surface area contributed by atoms with Crippen LogP contribution in [0.25, 0.3) is 0 Å². The first kappa shape index (κ1) is 27.7. The Balaban J connectivity index is 1.49. The summed E-state index contributed by atoms with van der Waals surface area (Å²) in [6.45, 7) is 2.39. The van der Waals surface area contributed by atoms with Crippen LogP contribution < -0.4 is 5.32 Å². The Kier molecular flexibility index (Phi) is 8.78. The minimum atomic E-state index is -1.00. The average molecular weight is 545 g/mol. The zero-order chi connectivity index (χ0) is 28.5. The van der Waals surface area contributed by atoms with Crippen LogP contribution in [0.5, 0.6) is 0 Å². The fraction of sp³-hybridized carbons (Fsp3) is 0.200. The van der Waals surface area contributed by atoms with Crippen LogP contribution in [0, 0.1) is 11.8 Å². The topological polar surface area (TPSA) is 67.9 Å². The number of urea groups is 1. The molecule has 0 radical (unpaired) electrons. The van der Waals surface area contributed by atoms with E-state index in [1.54, 1.807) is 11.8 Å². The number of amides is 2. The molecule has 1 fully saturated rings. The summed E-state index contributed by atoms with van der Waals surface area (Å²) in [6.07, 6.45) is -0.788. The molecule has 1 aliphatic rings. The standard InChI is InChI=1S/C35H32N2O4/c1-2-15-33(38)41-32(31-25-37(34(39)36-31)24-27-16-7-3-8-17-27)26-40-35(28-18-9-4-10-19-28,29-20-11-5-12-21-29)30-22-13-6-14-23-30/h3-14,16-23,31-32H,24-26H2,1H3,(H,36,39)/t31-,32-/m0/s1. The van der Waals surface area contributed by atoms with Crippen molar-refractivity contribution in [1.29, 1.82) is 0 Å². The van der Waals surface area contributed by atoms with Crippen LogP contribution in [0.15, 0.2) is 121 Å². The molecule has 1 N–H and O–H groups in total. The van der Waals surface area contributed by atoms with Gasteiger partial charge in [0.05, 0.1) is 12.6 Å². The van der Waals surface area contributed by atoms with Gasteiger partial charge in [-0.1, -0.05) is 127 Å². The average Bonchev–Trinajstić information content (AvgIpc) is 3.38. The van der Waals surface area contributed by atoms with Gasteiger partial charge in [-0.15, -0.1) is 0 Å².